The van der Waals surface area contributed by atoms with Crippen LogP contribution >= 0.6 is 0 Å². The van der Waals surface area contributed by atoms with Crippen molar-refractivity contribution in [3.05, 3.63) is 35.4 Å². The van der Waals surface area contributed by atoms with Gasteiger partial charge in [0, 0.05) is 23.8 Å². The van der Waals surface area contributed by atoms with Crippen molar-refractivity contribution in [2.45, 2.75) is 0 Å². The van der Waals surface area contributed by atoms with E-state index in [9.17, 15) is 13.6 Å². The summed E-state index contributed by atoms with van der Waals surface area (Å²) in [5.41, 5.74) is -0.404. The van der Waals surface area contributed by atoms with Crippen molar-refractivity contribution in [2.75, 3.05) is 7.11 Å². The minimum absolute atomic E-state index is 0.404. The first-order chi connectivity index (χ1) is 7.04. The second kappa shape index (κ2) is 4.54. The van der Waals surface area contributed by atoms with Gasteiger partial charge < -0.3 is 9.84 Å². The van der Waals surface area contributed by atoms with Crippen LogP contribution in [0.25, 0.3) is 6.08 Å². The van der Waals surface area contributed by atoms with E-state index >= 15 is 0 Å². The number of esters is 1. The SMILES string of the molecule is COC(=O)C=Cc1c(F)cc(O)cc1F. The fourth-order valence-corrected chi connectivity index (χ4v) is 0.950. The van der Waals surface area contributed by atoms with E-state index in [4.69, 9.17) is 5.11 Å². The zero-order valence-electron chi connectivity index (χ0n) is 7.83. The molecule has 0 aliphatic heterocycles. The molecule has 0 bridgehead atoms. The highest BCUT2D eigenvalue weighted by Crippen LogP contribution is 2.20. The Morgan fingerprint density at radius 3 is 2.40 bits per heavy atom. The average Bonchev–Trinajstić information content (AvgIpc) is 2.15. The number of ether oxygens (including phenoxy) is 1. The van der Waals surface area contributed by atoms with Crippen molar-refractivity contribution in [3.8, 4) is 5.75 Å². The molecule has 3 nitrogen and oxygen atoms in total. The molecule has 15 heavy (non-hydrogen) atoms. The molecule has 1 rings (SSSR count). The third-order valence-electron chi connectivity index (χ3n) is 1.65. The number of rotatable bonds is 2. The fraction of sp³-hybridized carbons (Fsp3) is 0.100. The molecule has 5 heteroatoms. The molecule has 0 atom stereocenters. The summed E-state index contributed by atoms with van der Waals surface area (Å²) in [6.45, 7) is 0. The van der Waals surface area contributed by atoms with Crippen molar-refractivity contribution < 1.29 is 23.4 Å². The molecule has 0 aliphatic carbocycles. The number of hydrogen-bond acceptors (Lipinski definition) is 3. The predicted octanol–water partition coefficient (Wildman–Crippen LogP) is 1.86. The summed E-state index contributed by atoms with van der Waals surface area (Å²) in [6.07, 6.45) is 1.83. The van der Waals surface area contributed by atoms with E-state index in [2.05, 4.69) is 4.74 Å². The Bertz CT molecular complexity index is 390. The minimum atomic E-state index is -0.951. The first kappa shape index (κ1) is 11.2. The van der Waals surface area contributed by atoms with Crippen LogP contribution in [0.2, 0.25) is 0 Å². The maximum absolute atomic E-state index is 13.1. The van der Waals surface area contributed by atoms with Gasteiger partial charge in [-0.15, -0.1) is 0 Å². The van der Waals surface area contributed by atoms with E-state index in [1.165, 1.54) is 0 Å². The number of carbonyl (C=O) groups is 1. The number of hydrogen-bond donors (Lipinski definition) is 1. The first-order valence-electron chi connectivity index (χ1n) is 3.98. The topological polar surface area (TPSA) is 46.5 Å². The van der Waals surface area contributed by atoms with E-state index in [0.29, 0.717) is 0 Å². The third-order valence-corrected chi connectivity index (χ3v) is 1.65. The summed E-state index contributed by atoms with van der Waals surface area (Å²) >= 11 is 0. The van der Waals surface area contributed by atoms with Crippen LogP contribution in [-0.4, -0.2) is 18.2 Å². The van der Waals surface area contributed by atoms with E-state index in [1.54, 1.807) is 0 Å². The quantitative estimate of drug-likeness (QED) is 0.603. The highest BCUT2D eigenvalue weighted by Gasteiger charge is 2.08. The average molecular weight is 214 g/mol. The molecule has 0 aromatic heterocycles. The molecule has 0 heterocycles. The van der Waals surface area contributed by atoms with Crippen LogP contribution in [-0.2, 0) is 9.53 Å². The Morgan fingerprint density at radius 2 is 1.93 bits per heavy atom. The minimum Gasteiger partial charge on any atom is -0.508 e. The van der Waals surface area contributed by atoms with Gasteiger partial charge in [0.2, 0.25) is 0 Å². The number of benzene rings is 1. The Kier molecular flexibility index (Phi) is 3.38. The summed E-state index contributed by atoms with van der Waals surface area (Å²) in [7, 11) is 1.15. The van der Waals surface area contributed by atoms with Crippen LogP contribution < -0.4 is 0 Å². The van der Waals surface area contributed by atoms with Crippen LogP contribution in [0.15, 0.2) is 18.2 Å². The molecule has 0 fully saturated rings. The van der Waals surface area contributed by atoms with Gasteiger partial charge in [-0.05, 0) is 6.08 Å². The first-order valence-corrected chi connectivity index (χ1v) is 3.98. The molecule has 0 spiro atoms. The second-order valence-electron chi connectivity index (χ2n) is 2.68. The lowest BCUT2D eigenvalue weighted by atomic mass is 10.1. The lowest BCUT2D eigenvalue weighted by Gasteiger charge is -2.00. The molecule has 80 valence electrons. The maximum atomic E-state index is 13.1. The monoisotopic (exact) mass is 214 g/mol. The van der Waals surface area contributed by atoms with Gasteiger partial charge in [-0.2, -0.15) is 0 Å². The normalized spacial score (nSPS) is 10.6. The molecule has 0 saturated carbocycles. The molecule has 1 aromatic rings. The molecule has 0 radical (unpaired) electrons. The van der Waals surface area contributed by atoms with E-state index in [1.807, 2.05) is 0 Å². The molecule has 0 unspecified atom stereocenters. The lowest BCUT2D eigenvalue weighted by Crippen LogP contribution is -1.95. The highest BCUT2D eigenvalue weighted by molar-refractivity contribution is 5.87. The van der Waals surface area contributed by atoms with Crippen LogP contribution in [0, 0.1) is 11.6 Å². The number of phenols is 1. The van der Waals surface area contributed by atoms with Crippen molar-refractivity contribution in [1.29, 1.82) is 0 Å². The number of aromatic hydroxyl groups is 1. The molecule has 0 amide bonds. The molecule has 1 aromatic carbocycles. The lowest BCUT2D eigenvalue weighted by molar-refractivity contribution is -0.134. The molecule has 1 N–H and O–H groups in total. The number of methoxy groups -OCH3 is 1. The Morgan fingerprint density at radius 1 is 1.40 bits per heavy atom. The fourth-order valence-electron chi connectivity index (χ4n) is 0.950. The molecule has 0 saturated heterocycles. The molecular weight excluding hydrogens is 206 g/mol. The van der Waals surface area contributed by atoms with Crippen molar-refractivity contribution >= 4 is 12.0 Å². The van der Waals surface area contributed by atoms with Crippen LogP contribution in [0.5, 0.6) is 5.75 Å². The van der Waals surface area contributed by atoms with Crippen LogP contribution in [0.4, 0.5) is 8.78 Å². The van der Waals surface area contributed by atoms with Gasteiger partial charge >= 0.3 is 5.97 Å². The summed E-state index contributed by atoms with van der Waals surface area (Å²) in [5, 5.41) is 8.85. The largest absolute Gasteiger partial charge is 0.508 e. The van der Waals surface area contributed by atoms with E-state index < -0.39 is 28.9 Å². The zero-order chi connectivity index (χ0) is 11.4. The van der Waals surface area contributed by atoms with E-state index in [-0.39, 0.29) is 0 Å². The van der Waals surface area contributed by atoms with E-state index in [0.717, 1.165) is 31.4 Å². The predicted molar refractivity (Wildman–Crippen MR) is 49.1 cm³/mol. The smallest absolute Gasteiger partial charge is 0.330 e. The number of halogens is 2. The number of carbonyl (C=O) groups excluding carboxylic acids is 1. The van der Waals surface area contributed by atoms with Gasteiger partial charge in [0.1, 0.15) is 17.4 Å². The van der Waals surface area contributed by atoms with Gasteiger partial charge in [-0.1, -0.05) is 0 Å². The van der Waals surface area contributed by atoms with Crippen molar-refractivity contribution in [2.24, 2.45) is 0 Å². The van der Waals surface area contributed by atoms with Gasteiger partial charge in [-0.3, -0.25) is 0 Å². The Balaban J connectivity index is 3.05. The summed E-state index contributed by atoms with van der Waals surface area (Å²) < 4.78 is 30.4. The Labute approximate surface area is 84.6 Å². The third kappa shape index (κ3) is 2.77. The van der Waals surface area contributed by atoms with Crippen molar-refractivity contribution in [3.63, 3.8) is 0 Å². The second-order valence-corrected chi connectivity index (χ2v) is 2.68. The van der Waals surface area contributed by atoms with Crippen molar-refractivity contribution in [1.82, 2.24) is 0 Å². The van der Waals surface area contributed by atoms with Gasteiger partial charge in [0.05, 0.1) is 7.11 Å². The van der Waals surface area contributed by atoms with Crippen LogP contribution in [0.1, 0.15) is 5.56 Å². The summed E-state index contributed by atoms with van der Waals surface area (Å²) in [4.78, 5) is 10.7. The summed E-state index contributed by atoms with van der Waals surface area (Å²) in [6, 6.07) is 1.50. The van der Waals surface area contributed by atoms with Gasteiger partial charge in [-0.25, -0.2) is 13.6 Å². The highest BCUT2D eigenvalue weighted by atomic mass is 19.1. The molecule has 0 aliphatic rings. The van der Waals surface area contributed by atoms with Crippen LogP contribution in [0.3, 0.4) is 0 Å². The van der Waals surface area contributed by atoms with Gasteiger partial charge in [0.25, 0.3) is 0 Å². The Hall–Kier alpha value is -1.91. The number of phenolic OH excluding ortho intramolecular Hbond substituents is 1. The summed E-state index contributed by atoms with van der Waals surface area (Å²) in [5.74, 6) is -3.14. The maximum Gasteiger partial charge on any atom is 0.330 e. The zero-order valence-corrected chi connectivity index (χ0v) is 7.83. The molecular formula is C10H8F2O3. The standard InChI is InChI=1S/C10H8F2O3/c1-15-10(14)3-2-7-8(11)4-6(13)5-9(7)12/h2-5,13H,1H3. The van der Waals surface area contributed by atoms with Gasteiger partial charge in [0.15, 0.2) is 0 Å².